The Morgan fingerprint density at radius 1 is 1.13 bits per heavy atom. The fourth-order valence-electron chi connectivity index (χ4n) is 2.71. The minimum Gasteiger partial charge on any atom is -0.310 e. The first kappa shape index (κ1) is 13.3. The molecule has 0 radical (unpaired) electrons. The Balaban J connectivity index is 0.00000112. The first-order valence-electron chi connectivity index (χ1n) is 6.16. The van der Waals surface area contributed by atoms with Gasteiger partial charge in [-0.15, -0.1) is 12.4 Å². The van der Waals surface area contributed by atoms with Crippen LogP contribution in [-0.4, -0.2) is 36.1 Å². The zero-order valence-corrected chi connectivity index (χ0v) is 10.9. The van der Waals surface area contributed by atoms with Gasteiger partial charge in [0.15, 0.2) is 0 Å². The number of nitrogens with one attached hydrogen (secondary N) is 1. The SMILES string of the molecule is CC1(C)CCC(N2CCCCC2)CN1.Cl. The second-order valence-corrected chi connectivity index (χ2v) is 5.55. The van der Waals surface area contributed by atoms with Gasteiger partial charge < -0.3 is 5.32 Å². The zero-order chi connectivity index (χ0) is 10.0. The molecule has 0 aromatic rings. The predicted octanol–water partition coefficient (Wildman–Crippen LogP) is 2.42. The van der Waals surface area contributed by atoms with Crippen molar-refractivity contribution in [2.75, 3.05) is 19.6 Å². The van der Waals surface area contributed by atoms with Gasteiger partial charge in [0, 0.05) is 18.1 Å². The molecule has 0 bridgehead atoms. The Labute approximate surface area is 100 Å². The minimum atomic E-state index is 0. The molecule has 3 heteroatoms. The first-order chi connectivity index (χ1) is 6.67. The summed E-state index contributed by atoms with van der Waals surface area (Å²) in [7, 11) is 0. The number of piperidine rings is 2. The Hall–Kier alpha value is 0.210. The topological polar surface area (TPSA) is 15.3 Å². The fourth-order valence-corrected chi connectivity index (χ4v) is 2.71. The summed E-state index contributed by atoms with van der Waals surface area (Å²) in [4.78, 5) is 2.70. The highest BCUT2D eigenvalue weighted by molar-refractivity contribution is 5.85. The van der Waals surface area contributed by atoms with E-state index in [2.05, 4.69) is 24.1 Å². The van der Waals surface area contributed by atoms with E-state index in [4.69, 9.17) is 0 Å². The minimum absolute atomic E-state index is 0. The van der Waals surface area contributed by atoms with Gasteiger partial charge in [-0.3, -0.25) is 4.90 Å². The van der Waals surface area contributed by atoms with E-state index in [1.165, 1.54) is 51.7 Å². The molecule has 0 aliphatic carbocycles. The van der Waals surface area contributed by atoms with Crippen LogP contribution in [0.5, 0.6) is 0 Å². The van der Waals surface area contributed by atoms with E-state index in [1.54, 1.807) is 0 Å². The van der Waals surface area contributed by atoms with Gasteiger partial charge >= 0.3 is 0 Å². The van der Waals surface area contributed by atoms with Crippen LogP contribution in [0, 0.1) is 0 Å². The predicted molar refractivity (Wildman–Crippen MR) is 67.8 cm³/mol. The van der Waals surface area contributed by atoms with Crippen molar-refractivity contribution in [3.63, 3.8) is 0 Å². The van der Waals surface area contributed by atoms with E-state index in [0.717, 1.165) is 6.04 Å². The van der Waals surface area contributed by atoms with Gasteiger partial charge in [-0.05, 0) is 52.6 Å². The largest absolute Gasteiger partial charge is 0.310 e. The summed E-state index contributed by atoms with van der Waals surface area (Å²) in [5, 5.41) is 3.66. The van der Waals surface area contributed by atoms with Gasteiger partial charge in [0.2, 0.25) is 0 Å². The fraction of sp³-hybridized carbons (Fsp3) is 1.00. The molecule has 2 saturated heterocycles. The van der Waals surface area contributed by atoms with Crippen LogP contribution < -0.4 is 5.32 Å². The van der Waals surface area contributed by atoms with Crippen LogP contribution in [0.2, 0.25) is 0 Å². The molecule has 2 fully saturated rings. The maximum Gasteiger partial charge on any atom is 0.0221 e. The van der Waals surface area contributed by atoms with Gasteiger partial charge in [-0.25, -0.2) is 0 Å². The molecular weight excluding hydrogens is 208 g/mol. The molecule has 0 amide bonds. The number of likely N-dealkylation sites (tertiary alicyclic amines) is 1. The molecule has 2 heterocycles. The summed E-state index contributed by atoms with van der Waals surface area (Å²) in [5.41, 5.74) is 0.381. The van der Waals surface area contributed by atoms with Gasteiger partial charge in [0.1, 0.15) is 0 Å². The Bertz CT molecular complexity index is 178. The quantitative estimate of drug-likeness (QED) is 0.747. The van der Waals surface area contributed by atoms with Crippen molar-refractivity contribution < 1.29 is 0 Å². The molecule has 1 unspecified atom stereocenters. The molecule has 2 aliphatic rings. The molecule has 90 valence electrons. The van der Waals surface area contributed by atoms with Crippen LogP contribution in [0.3, 0.4) is 0 Å². The summed E-state index contributed by atoms with van der Waals surface area (Å²) < 4.78 is 0. The van der Waals surface area contributed by atoms with Crippen LogP contribution in [0.25, 0.3) is 0 Å². The maximum atomic E-state index is 3.66. The first-order valence-corrected chi connectivity index (χ1v) is 6.16. The van der Waals surface area contributed by atoms with Crippen molar-refractivity contribution in [3.8, 4) is 0 Å². The lowest BCUT2D eigenvalue weighted by Gasteiger charge is -2.42. The second kappa shape index (κ2) is 5.51. The average Bonchev–Trinajstić information content (AvgIpc) is 2.19. The third kappa shape index (κ3) is 3.61. The summed E-state index contributed by atoms with van der Waals surface area (Å²) >= 11 is 0. The summed E-state index contributed by atoms with van der Waals surface area (Å²) in [6.45, 7) is 8.52. The van der Waals surface area contributed by atoms with Crippen molar-refractivity contribution in [3.05, 3.63) is 0 Å². The summed E-state index contributed by atoms with van der Waals surface area (Å²) in [5.74, 6) is 0. The normalized spacial score (nSPS) is 32.0. The van der Waals surface area contributed by atoms with E-state index in [9.17, 15) is 0 Å². The number of halogens is 1. The number of hydrogen-bond donors (Lipinski definition) is 1. The van der Waals surface area contributed by atoms with E-state index in [-0.39, 0.29) is 12.4 Å². The lowest BCUT2D eigenvalue weighted by molar-refractivity contribution is 0.112. The molecular formula is C12H25ClN2. The Morgan fingerprint density at radius 2 is 1.80 bits per heavy atom. The highest BCUT2D eigenvalue weighted by Crippen LogP contribution is 2.23. The number of nitrogens with zero attached hydrogens (tertiary/aromatic N) is 1. The lowest BCUT2D eigenvalue weighted by Crippen LogP contribution is -2.54. The molecule has 0 aromatic heterocycles. The highest BCUT2D eigenvalue weighted by atomic mass is 35.5. The van der Waals surface area contributed by atoms with Crippen LogP contribution in [0.15, 0.2) is 0 Å². The molecule has 0 aromatic carbocycles. The zero-order valence-electron chi connectivity index (χ0n) is 10.1. The highest BCUT2D eigenvalue weighted by Gasteiger charge is 2.29. The molecule has 1 atom stereocenters. The molecule has 2 nitrogen and oxygen atoms in total. The van der Waals surface area contributed by atoms with Gasteiger partial charge in [-0.2, -0.15) is 0 Å². The van der Waals surface area contributed by atoms with E-state index in [0.29, 0.717) is 5.54 Å². The van der Waals surface area contributed by atoms with Crippen molar-refractivity contribution in [2.24, 2.45) is 0 Å². The molecule has 2 rings (SSSR count). The lowest BCUT2D eigenvalue weighted by atomic mass is 9.89. The molecule has 15 heavy (non-hydrogen) atoms. The second-order valence-electron chi connectivity index (χ2n) is 5.55. The standard InChI is InChI=1S/C12H24N2.ClH/c1-12(2)7-6-11(10-13-12)14-8-4-3-5-9-14;/h11,13H,3-10H2,1-2H3;1H. The summed E-state index contributed by atoms with van der Waals surface area (Å²) in [6.07, 6.45) is 7.00. The number of hydrogen-bond acceptors (Lipinski definition) is 2. The van der Waals surface area contributed by atoms with Crippen molar-refractivity contribution in [1.82, 2.24) is 10.2 Å². The Morgan fingerprint density at radius 3 is 2.33 bits per heavy atom. The monoisotopic (exact) mass is 232 g/mol. The third-order valence-corrected chi connectivity index (χ3v) is 3.83. The van der Waals surface area contributed by atoms with Gasteiger partial charge in [0.25, 0.3) is 0 Å². The van der Waals surface area contributed by atoms with Crippen LogP contribution in [0.1, 0.15) is 46.0 Å². The third-order valence-electron chi connectivity index (χ3n) is 3.83. The number of rotatable bonds is 1. The van der Waals surface area contributed by atoms with Crippen LogP contribution in [0.4, 0.5) is 0 Å². The van der Waals surface area contributed by atoms with Crippen molar-refractivity contribution >= 4 is 12.4 Å². The van der Waals surface area contributed by atoms with Crippen LogP contribution >= 0.6 is 12.4 Å². The summed E-state index contributed by atoms with van der Waals surface area (Å²) in [6, 6.07) is 0.823. The maximum absolute atomic E-state index is 3.66. The van der Waals surface area contributed by atoms with E-state index < -0.39 is 0 Å². The van der Waals surface area contributed by atoms with Crippen molar-refractivity contribution in [1.29, 1.82) is 0 Å². The molecule has 0 saturated carbocycles. The smallest absolute Gasteiger partial charge is 0.0221 e. The van der Waals surface area contributed by atoms with Gasteiger partial charge in [0.05, 0.1) is 0 Å². The molecule has 1 N–H and O–H groups in total. The Kier molecular flexibility index (Phi) is 4.88. The van der Waals surface area contributed by atoms with E-state index in [1.807, 2.05) is 0 Å². The average molecular weight is 233 g/mol. The van der Waals surface area contributed by atoms with Crippen LogP contribution in [-0.2, 0) is 0 Å². The molecule has 2 aliphatic heterocycles. The van der Waals surface area contributed by atoms with Crippen molar-refractivity contribution in [2.45, 2.75) is 57.5 Å². The van der Waals surface area contributed by atoms with Gasteiger partial charge in [-0.1, -0.05) is 6.42 Å². The molecule has 0 spiro atoms. The van der Waals surface area contributed by atoms with E-state index >= 15 is 0 Å².